The number of hydrogen-bond donors (Lipinski definition) is 2. The Morgan fingerprint density at radius 1 is 1.58 bits per heavy atom. The van der Waals surface area contributed by atoms with Crippen LogP contribution in [0.4, 0.5) is 0 Å². The van der Waals surface area contributed by atoms with Crippen molar-refractivity contribution in [2.75, 3.05) is 26.7 Å². The second-order valence-corrected chi connectivity index (χ2v) is 4.81. The maximum absolute atomic E-state index is 11.0. The van der Waals surface area contributed by atoms with Crippen LogP contribution in [0.25, 0.3) is 0 Å². The minimum atomic E-state index is -0.724. The summed E-state index contributed by atoms with van der Waals surface area (Å²) in [6, 6.07) is 7.78. The quantitative estimate of drug-likeness (QED) is 0.833. The lowest BCUT2D eigenvalue weighted by Gasteiger charge is -2.28. The summed E-state index contributed by atoms with van der Waals surface area (Å²) in [5.74, 6) is -0.209. The molecule has 1 fully saturated rings. The highest BCUT2D eigenvalue weighted by Gasteiger charge is 2.33. The van der Waals surface area contributed by atoms with Crippen LogP contribution in [0.15, 0.2) is 24.3 Å². The van der Waals surface area contributed by atoms with Crippen molar-refractivity contribution < 1.29 is 14.6 Å². The zero-order chi connectivity index (χ0) is 13.8. The number of methoxy groups -OCH3 is 1. The third kappa shape index (κ3) is 2.88. The van der Waals surface area contributed by atoms with Gasteiger partial charge in [-0.25, -0.2) is 0 Å². The monoisotopic (exact) mass is 264 g/mol. The number of nitrogens with zero attached hydrogens (tertiary/aromatic N) is 1. The predicted molar refractivity (Wildman–Crippen MR) is 72.1 cm³/mol. The second-order valence-electron chi connectivity index (χ2n) is 4.81. The van der Waals surface area contributed by atoms with Gasteiger partial charge in [-0.1, -0.05) is 18.2 Å². The van der Waals surface area contributed by atoms with Gasteiger partial charge in [0.05, 0.1) is 19.1 Å². The highest BCUT2D eigenvalue weighted by atomic mass is 16.5. The number of benzene rings is 1. The van der Waals surface area contributed by atoms with Crippen LogP contribution in [0.2, 0.25) is 0 Å². The van der Waals surface area contributed by atoms with Gasteiger partial charge < -0.3 is 15.6 Å². The minimum absolute atomic E-state index is 0.0144. The molecule has 0 aromatic heterocycles. The lowest BCUT2D eigenvalue weighted by Crippen LogP contribution is -2.33. The predicted octanol–water partition coefficient (Wildman–Crippen LogP) is 1.10. The Labute approximate surface area is 113 Å². The molecule has 1 aliphatic rings. The molecule has 0 aliphatic carbocycles. The number of para-hydroxylation sites is 1. The summed E-state index contributed by atoms with van der Waals surface area (Å²) in [7, 11) is 1.64. The second kappa shape index (κ2) is 6.04. The van der Waals surface area contributed by atoms with Crippen LogP contribution in [-0.2, 0) is 4.79 Å². The fraction of sp³-hybridized carbons (Fsp3) is 0.500. The van der Waals surface area contributed by atoms with Crippen LogP contribution in [0.5, 0.6) is 5.75 Å². The van der Waals surface area contributed by atoms with Crippen LogP contribution < -0.4 is 10.5 Å². The fourth-order valence-electron chi connectivity index (χ4n) is 2.69. The van der Waals surface area contributed by atoms with Crippen molar-refractivity contribution >= 4 is 5.97 Å². The molecule has 0 bridgehead atoms. The Balaban J connectivity index is 2.19. The molecule has 0 spiro atoms. The number of likely N-dealkylation sites (tertiary alicyclic amines) is 1. The molecule has 2 rings (SSSR count). The van der Waals surface area contributed by atoms with Gasteiger partial charge in [-0.05, 0) is 19.0 Å². The molecule has 3 N–H and O–H groups in total. The van der Waals surface area contributed by atoms with E-state index in [1.807, 2.05) is 24.3 Å². The Kier molecular flexibility index (Phi) is 4.39. The van der Waals surface area contributed by atoms with E-state index in [0.717, 1.165) is 17.9 Å². The molecule has 0 saturated carbocycles. The molecule has 1 aromatic rings. The first-order valence-corrected chi connectivity index (χ1v) is 6.47. The zero-order valence-electron chi connectivity index (χ0n) is 11.1. The molecule has 1 saturated heterocycles. The lowest BCUT2D eigenvalue weighted by atomic mass is 10.0. The fourth-order valence-corrected chi connectivity index (χ4v) is 2.69. The van der Waals surface area contributed by atoms with Gasteiger partial charge in [0.25, 0.3) is 0 Å². The topological polar surface area (TPSA) is 75.8 Å². The van der Waals surface area contributed by atoms with Crippen molar-refractivity contribution in [2.24, 2.45) is 11.7 Å². The highest BCUT2D eigenvalue weighted by molar-refractivity contribution is 5.70. The molecule has 0 radical (unpaired) electrons. The van der Waals surface area contributed by atoms with Crippen LogP contribution >= 0.6 is 0 Å². The van der Waals surface area contributed by atoms with Crippen molar-refractivity contribution in [3.8, 4) is 5.75 Å². The molecule has 19 heavy (non-hydrogen) atoms. The normalized spacial score (nSPS) is 21.3. The van der Waals surface area contributed by atoms with Gasteiger partial charge in [-0.15, -0.1) is 0 Å². The molecule has 0 unspecified atom stereocenters. The number of hydrogen-bond acceptors (Lipinski definition) is 4. The molecule has 1 aliphatic heterocycles. The number of rotatable bonds is 5. The van der Waals surface area contributed by atoms with E-state index in [1.54, 1.807) is 7.11 Å². The lowest BCUT2D eigenvalue weighted by molar-refractivity contribution is -0.141. The van der Waals surface area contributed by atoms with Crippen LogP contribution in [-0.4, -0.2) is 42.7 Å². The average Bonchev–Trinajstić information content (AvgIpc) is 2.90. The van der Waals surface area contributed by atoms with Crippen LogP contribution in [0.3, 0.4) is 0 Å². The molecule has 5 nitrogen and oxygen atoms in total. The smallest absolute Gasteiger partial charge is 0.307 e. The standard InChI is InChI=1S/C14H20N2O3/c1-19-13-5-3-2-4-11(13)12(8-15)16-7-6-10(9-16)14(17)18/h2-5,10,12H,6-9,15H2,1H3,(H,17,18)/t10-,12+/m1/s1. The first kappa shape index (κ1) is 13.8. The molecular formula is C14H20N2O3. The summed E-state index contributed by atoms with van der Waals surface area (Å²) in [5, 5.41) is 9.07. The number of carboxylic acid groups (broad SMARTS) is 1. The van der Waals surface area contributed by atoms with E-state index in [1.165, 1.54) is 0 Å². The largest absolute Gasteiger partial charge is 0.496 e. The molecule has 2 atom stereocenters. The van der Waals surface area contributed by atoms with Gasteiger partial charge in [0, 0.05) is 18.7 Å². The number of nitrogens with two attached hydrogens (primary N) is 1. The first-order chi connectivity index (χ1) is 9.17. The Bertz CT molecular complexity index is 450. The maximum atomic E-state index is 11.0. The van der Waals surface area contributed by atoms with Gasteiger partial charge in [0.1, 0.15) is 5.75 Å². The van der Waals surface area contributed by atoms with E-state index in [9.17, 15) is 4.79 Å². The summed E-state index contributed by atoms with van der Waals surface area (Å²) in [6.45, 7) is 1.76. The van der Waals surface area contributed by atoms with Gasteiger partial charge in [-0.3, -0.25) is 9.69 Å². The molecule has 1 aromatic carbocycles. The maximum Gasteiger partial charge on any atom is 0.307 e. The Morgan fingerprint density at radius 3 is 2.89 bits per heavy atom. The summed E-state index contributed by atoms with van der Waals surface area (Å²) in [5.41, 5.74) is 6.91. The van der Waals surface area contributed by atoms with E-state index in [2.05, 4.69) is 4.90 Å². The van der Waals surface area contributed by atoms with E-state index in [-0.39, 0.29) is 12.0 Å². The highest BCUT2D eigenvalue weighted by Crippen LogP contribution is 2.32. The Morgan fingerprint density at radius 2 is 2.32 bits per heavy atom. The average molecular weight is 264 g/mol. The number of carbonyl (C=O) groups is 1. The van der Waals surface area contributed by atoms with Crippen LogP contribution in [0.1, 0.15) is 18.0 Å². The minimum Gasteiger partial charge on any atom is -0.496 e. The van der Waals surface area contributed by atoms with Crippen molar-refractivity contribution in [3.05, 3.63) is 29.8 Å². The summed E-state index contributed by atoms with van der Waals surface area (Å²) in [4.78, 5) is 13.2. The van der Waals surface area contributed by atoms with Crippen molar-refractivity contribution in [1.29, 1.82) is 0 Å². The summed E-state index contributed by atoms with van der Waals surface area (Å²) < 4.78 is 5.36. The van der Waals surface area contributed by atoms with Gasteiger partial charge in [0.2, 0.25) is 0 Å². The van der Waals surface area contributed by atoms with E-state index >= 15 is 0 Å². The van der Waals surface area contributed by atoms with Crippen molar-refractivity contribution in [2.45, 2.75) is 12.5 Å². The number of ether oxygens (including phenoxy) is 1. The van der Waals surface area contributed by atoms with E-state index in [0.29, 0.717) is 19.5 Å². The third-order valence-corrected chi connectivity index (χ3v) is 3.73. The summed E-state index contributed by atoms with van der Waals surface area (Å²) >= 11 is 0. The molecule has 0 amide bonds. The molecular weight excluding hydrogens is 244 g/mol. The summed E-state index contributed by atoms with van der Waals surface area (Å²) in [6.07, 6.45) is 0.682. The van der Waals surface area contributed by atoms with E-state index in [4.69, 9.17) is 15.6 Å². The Hall–Kier alpha value is -1.59. The van der Waals surface area contributed by atoms with Gasteiger partial charge in [-0.2, -0.15) is 0 Å². The zero-order valence-corrected chi connectivity index (χ0v) is 11.1. The van der Waals surface area contributed by atoms with Crippen LogP contribution in [0, 0.1) is 5.92 Å². The first-order valence-electron chi connectivity index (χ1n) is 6.47. The number of carboxylic acids is 1. The van der Waals surface area contributed by atoms with E-state index < -0.39 is 5.97 Å². The molecule has 104 valence electrons. The van der Waals surface area contributed by atoms with Gasteiger partial charge >= 0.3 is 5.97 Å². The third-order valence-electron chi connectivity index (χ3n) is 3.73. The molecule has 1 heterocycles. The van der Waals surface area contributed by atoms with Crippen molar-refractivity contribution in [3.63, 3.8) is 0 Å². The molecule has 5 heteroatoms. The SMILES string of the molecule is COc1ccccc1[C@H](CN)N1CC[C@@H](C(=O)O)C1. The van der Waals surface area contributed by atoms with Gasteiger partial charge in [0.15, 0.2) is 0 Å². The number of aliphatic carboxylic acids is 1. The van der Waals surface area contributed by atoms with Crippen molar-refractivity contribution in [1.82, 2.24) is 4.90 Å².